The lowest BCUT2D eigenvalue weighted by molar-refractivity contribution is 0.254. The highest BCUT2D eigenvalue weighted by Gasteiger charge is 2.08. The molecule has 0 saturated carbocycles. The summed E-state index contributed by atoms with van der Waals surface area (Å²) >= 11 is 5.94. The Morgan fingerprint density at radius 2 is 1.65 bits per heavy atom. The SMILES string of the molecule is O=C(NNc1nc2ccccc2nc1/C=C/c1ccc(F)cc1)Nc1cccc(Cl)c1. The van der Waals surface area contributed by atoms with Gasteiger partial charge < -0.3 is 5.32 Å². The maximum absolute atomic E-state index is 13.1. The predicted molar refractivity (Wildman–Crippen MR) is 122 cm³/mol. The lowest BCUT2D eigenvalue weighted by Gasteiger charge is -2.12. The minimum atomic E-state index is -0.495. The van der Waals surface area contributed by atoms with Crippen LogP contribution in [0.2, 0.25) is 5.02 Å². The molecule has 0 saturated heterocycles. The molecule has 8 heteroatoms. The number of urea groups is 1. The Kier molecular flexibility index (Phi) is 6.05. The number of rotatable bonds is 5. The van der Waals surface area contributed by atoms with Gasteiger partial charge in [-0.1, -0.05) is 48.0 Å². The van der Waals surface area contributed by atoms with Crippen molar-refractivity contribution in [2.24, 2.45) is 0 Å². The zero-order valence-electron chi connectivity index (χ0n) is 16.1. The third-order valence-corrected chi connectivity index (χ3v) is 4.51. The van der Waals surface area contributed by atoms with Crippen LogP contribution < -0.4 is 16.2 Å². The number of halogens is 2. The standard InChI is InChI=1S/C23H17ClFN5O/c24-16-4-3-5-18(14-16)26-23(31)30-29-22-21(13-10-15-8-11-17(25)12-9-15)27-19-6-1-2-7-20(19)28-22/h1-14H,(H,28,29)(H2,26,30,31)/b13-10+. The summed E-state index contributed by atoms with van der Waals surface area (Å²) in [4.78, 5) is 21.4. The van der Waals surface area contributed by atoms with Gasteiger partial charge in [-0.3, -0.25) is 5.43 Å². The molecule has 1 heterocycles. The largest absolute Gasteiger partial charge is 0.337 e. The molecule has 0 spiro atoms. The van der Waals surface area contributed by atoms with Gasteiger partial charge in [-0.05, 0) is 54.1 Å². The summed E-state index contributed by atoms with van der Waals surface area (Å²) in [5.41, 5.74) is 8.58. The third-order valence-electron chi connectivity index (χ3n) is 4.28. The summed E-state index contributed by atoms with van der Waals surface area (Å²) in [5.74, 6) is 0.0539. The molecule has 3 aromatic carbocycles. The lowest BCUT2D eigenvalue weighted by Crippen LogP contribution is -2.34. The molecule has 0 aliphatic heterocycles. The van der Waals surface area contributed by atoms with Gasteiger partial charge in [0.15, 0.2) is 5.82 Å². The summed E-state index contributed by atoms with van der Waals surface area (Å²) < 4.78 is 13.1. The maximum atomic E-state index is 13.1. The van der Waals surface area contributed by atoms with E-state index in [9.17, 15) is 9.18 Å². The number of amides is 2. The van der Waals surface area contributed by atoms with Crippen LogP contribution >= 0.6 is 11.6 Å². The second-order valence-corrected chi connectivity index (χ2v) is 6.98. The molecule has 154 valence electrons. The van der Waals surface area contributed by atoms with Crippen LogP contribution in [0.15, 0.2) is 72.8 Å². The first-order valence-electron chi connectivity index (χ1n) is 9.36. The molecule has 2 amide bonds. The van der Waals surface area contributed by atoms with E-state index in [0.717, 1.165) is 5.56 Å². The Morgan fingerprint density at radius 3 is 2.39 bits per heavy atom. The van der Waals surface area contributed by atoms with Gasteiger partial charge in [0.1, 0.15) is 11.5 Å². The van der Waals surface area contributed by atoms with Gasteiger partial charge in [-0.25, -0.2) is 24.6 Å². The Labute approximate surface area is 182 Å². The number of nitrogens with zero attached hydrogens (tertiary/aromatic N) is 2. The lowest BCUT2D eigenvalue weighted by atomic mass is 10.2. The van der Waals surface area contributed by atoms with Crippen molar-refractivity contribution in [3.63, 3.8) is 0 Å². The summed E-state index contributed by atoms with van der Waals surface area (Å²) in [6, 6.07) is 19.8. The van der Waals surface area contributed by atoms with Crippen molar-refractivity contribution in [3.8, 4) is 0 Å². The molecule has 0 atom stereocenters. The minimum Gasteiger partial charge on any atom is -0.307 e. The monoisotopic (exact) mass is 433 g/mol. The first kappa shape index (κ1) is 20.3. The van der Waals surface area contributed by atoms with Gasteiger partial charge in [-0.15, -0.1) is 0 Å². The summed E-state index contributed by atoms with van der Waals surface area (Å²) in [5, 5.41) is 3.19. The molecule has 4 aromatic rings. The number of carbonyl (C=O) groups is 1. The van der Waals surface area contributed by atoms with Crippen LogP contribution in [0.1, 0.15) is 11.3 Å². The number of hydrazine groups is 1. The predicted octanol–water partition coefficient (Wildman–Crippen LogP) is 5.74. The van der Waals surface area contributed by atoms with E-state index < -0.39 is 6.03 Å². The molecule has 0 fully saturated rings. The maximum Gasteiger partial charge on any atom is 0.337 e. The van der Waals surface area contributed by atoms with Gasteiger partial charge in [-0.2, -0.15) is 0 Å². The molecular weight excluding hydrogens is 417 g/mol. The van der Waals surface area contributed by atoms with E-state index in [1.807, 2.05) is 24.3 Å². The number of aromatic nitrogens is 2. The van der Waals surface area contributed by atoms with Gasteiger partial charge in [0.25, 0.3) is 0 Å². The van der Waals surface area contributed by atoms with Crippen molar-refractivity contribution < 1.29 is 9.18 Å². The smallest absolute Gasteiger partial charge is 0.307 e. The Balaban J connectivity index is 1.55. The highest BCUT2D eigenvalue weighted by Crippen LogP contribution is 2.19. The molecule has 1 aromatic heterocycles. The molecule has 0 aliphatic rings. The molecule has 3 N–H and O–H groups in total. The quantitative estimate of drug-likeness (QED) is 0.350. The highest BCUT2D eigenvalue weighted by molar-refractivity contribution is 6.30. The average Bonchev–Trinajstić information content (AvgIpc) is 2.77. The number of nitrogens with one attached hydrogen (secondary N) is 3. The van der Waals surface area contributed by atoms with Crippen molar-refractivity contribution in [1.82, 2.24) is 15.4 Å². The minimum absolute atomic E-state index is 0.306. The van der Waals surface area contributed by atoms with Gasteiger partial charge in [0.2, 0.25) is 0 Å². The highest BCUT2D eigenvalue weighted by atomic mass is 35.5. The van der Waals surface area contributed by atoms with Crippen LogP contribution in [0.25, 0.3) is 23.2 Å². The molecule has 31 heavy (non-hydrogen) atoms. The van der Waals surface area contributed by atoms with Crippen LogP contribution in [0.4, 0.5) is 20.7 Å². The number of carbonyl (C=O) groups excluding carboxylic acids is 1. The van der Waals surface area contributed by atoms with Crippen molar-refractivity contribution in [1.29, 1.82) is 0 Å². The summed E-state index contributed by atoms with van der Waals surface area (Å²) in [7, 11) is 0. The van der Waals surface area contributed by atoms with Crippen LogP contribution in [-0.2, 0) is 0 Å². The molecule has 0 radical (unpaired) electrons. The number of hydrogen-bond acceptors (Lipinski definition) is 4. The van der Waals surface area contributed by atoms with Crippen LogP contribution in [0.3, 0.4) is 0 Å². The third kappa shape index (κ3) is 5.34. The number of fused-ring (bicyclic) bond motifs is 1. The van der Waals surface area contributed by atoms with Gasteiger partial charge in [0, 0.05) is 10.7 Å². The molecule has 4 rings (SSSR count). The molecular formula is C23H17ClFN5O. The van der Waals surface area contributed by atoms with E-state index in [0.29, 0.717) is 33.3 Å². The van der Waals surface area contributed by atoms with E-state index in [1.165, 1.54) is 12.1 Å². The fourth-order valence-electron chi connectivity index (χ4n) is 2.82. The van der Waals surface area contributed by atoms with Crippen LogP contribution in [-0.4, -0.2) is 16.0 Å². The molecule has 0 aliphatic carbocycles. The van der Waals surface area contributed by atoms with E-state index >= 15 is 0 Å². The number of para-hydroxylation sites is 2. The normalized spacial score (nSPS) is 10.9. The number of benzene rings is 3. The first-order valence-corrected chi connectivity index (χ1v) is 9.74. The fourth-order valence-corrected chi connectivity index (χ4v) is 3.01. The summed E-state index contributed by atoms with van der Waals surface area (Å²) in [6.45, 7) is 0. The van der Waals surface area contributed by atoms with E-state index in [-0.39, 0.29) is 5.82 Å². The van der Waals surface area contributed by atoms with Crippen molar-refractivity contribution in [2.75, 3.05) is 10.7 Å². The topological polar surface area (TPSA) is 78.9 Å². The molecule has 6 nitrogen and oxygen atoms in total. The Hall–Kier alpha value is -3.97. The van der Waals surface area contributed by atoms with Gasteiger partial charge in [0.05, 0.1) is 11.0 Å². The zero-order valence-corrected chi connectivity index (χ0v) is 16.9. The number of hydrogen-bond donors (Lipinski definition) is 3. The zero-order chi connectivity index (χ0) is 21.6. The van der Waals surface area contributed by atoms with Crippen molar-refractivity contribution in [2.45, 2.75) is 0 Å². The van der Waals surface area contributed by atoms with E-state index in [4.69, 9.17) is 11.6 Å². The second-order valence-electron chi connectivity index (χ2n) is 6.55. The van der Waals surface area contributed by atoms with E-state index in [2.05, 4.69) is 26.1 Å². The van der Waals surface area contributed by atoms with Crippen molar-refractivity contribution in [3.05, 3.63) is 94.9 Å². The fraction of sp³-hybridized carbons (Fsp3) is 0. The van der Waals surface area contributed by atoms with Gasteiger partial charge >= 0.3 is 6.03 Å². The Morgan fingerprint density at radius 1 is 0.903 bits per heavy atom. The van der Waals surface area contributed by atoms with Crippen LogP contribution in [0, 0.1) is 5.82 Å². The van der Waals surface area contributed by atoms with Crippen molar-refractivity contribution >= 4 is 52.3 Å². The second kappa shape index (κ2) is 9.23. The molecule has 0 bridgehead atoms. The number of anilines is 2. The first-order chi connectivity index (χ1) is 15.1. The average molecular weight is 434 g/mol. The summed E-state index contributed by atoms with van der Waals surface area (Å²) in [6.07, 6.45) is 3.53. The van der Waals surface area contributed by atoms with Crippen LogP contribution in [0.5, 0.6) is 0 Å². The molecule has 0 unspecified atom stereocenters. The Bertz CT molecular complexity index is 1260. The van der Waals surface area contributed by atoms with E-state index in [1.54, 1.807) is 48.6 Å².